The molecule has 1 aliphatic carbocycles. The summed E-state index contributed by atoms with van der Waals surface area (Å²) in [5.41, 5.74) is 8.45. The molecule has 4 N–H and O–H groups in total. The summed E-state index contributed by atoms with van der Waals surface area (Å²) >= 11 is 0. The Morgan fingerprint density at radius 2 is 1.86 bits per heavy atom. The minimum atomic E-state index is -0.731. The Balaban J connectivity index is 1.57. The van der Waals surface area contributed by atoms with Gasteiger partial charge in [0.2, 0.25) is 0 Å². The Labute approximate surface area is 169 Å². The van der Waals surface area contributed by atoms with Crippen molar-refractivity contribution in [2.75, 3.05) is 5.32 Å². The van der Waals surface area contributed by atoms with Gasteiger partial charge in [-0.25, -0.2) is 0 Å². The van der Waals surface area contributed by atoms with Crippen LogP contribution in [0.25, 0.3) is 10.8 Å². The summed E-state index contributed by atoms with van der Waals surface area (Å²) in [6, 6.07) is 19.5. The normalized spacial score (nSPS) is 17.9. The second-order valence-electron chi connectivity index (χ2n) is 7.57. The standard InChI is InChI=1S/C24H23N3O2/c1-16(25)27-24(15-28)12-11-18-13-19(9-10-20(18)14-24)23(29)26-22-8-4-6-17-5-2-3-7-21(17)22/h2-10,13,15,27H,1,11-12,14,25H2,(H,26,29). The Bertz CT molecular complexity index is 1120. The number of carbonyl (C=O) groups is 2. The molecule has 1 aliphatic rings. The molecule has 0 heterocycles. The topological polar surface area (TPSA) is 84.2 Å². The Morgan fingerprint density at radius 1 is 1.07 bits per heavy atom. The molecular weight excluding hydrogens is 362 g/mol. The molecule has 3 aromatic carbocycles. The lowest BCUT2D eigenvalue weighted by molar-refractivity contribution is -0.113. The fourth-order valence-electron chi connectivity index (χ4n) is 4.04. The van der Waals surface area contributed by atoms with Gasteiger partial charge in [-0.2, -0.15) is 0 Å². The lowest BCUT2D eigenvalue weighted by Crippen LogP contribution is -2.51. The maximum Gasteiger partial charge on any atom is 0.255 e. The number of nitrogens with one attached hydrogen (secondary N) is 2. The molecule has 5 heteroatoms. The number of benzene rings is 3. The number of fused-ring (bicyclic) bond motifs is 2. The molecule has 29 heavy (non-hydrogen) atoms. The van der Waals surface area contributed by atoms with E-state index in [1.54, 1.807) is 6.07 Å². The lowest BCUT2D eigenvalue weighted by Gasteiger charge is -2.35. The van der Waals surface area contributed by atoms with Gasteiger partial charge in [0.05, 0.1) is 11.4 Å². The molecule has 0 spiro atoms. The Kier molecular flexibility index (Phi) is 4.80. The summed E-state index contributed by atoms with van der Waals surface area (Å²) in [5, 5.41) is 8.12. The van der Waals surface area contributed by atoms with Crippen LogP contribution in [0.3, 0.4) is 0 Å². The quantitative estimate of drug-likeness (QED) is 0.587. The Morgan fingerprint density at radius 3 is 2.66 bits per heavy atom. The number of anilines is 1. The van der Waals surface area contributed by atoms with Crippen molar-refractivity contribution in [2.45, 2.75) is 24.8 Å². The second kappa shape index (κ2) is 7.43. The highest BCUT2D eigenvalue weighted by Crippen LogP contribution is 2.29. The third-order valence-corrected chi connectivity index (χ3v) is 5.49. The van der Waals surface area contributed by atoms with E-state index in [0.29, 0.717) is 24.8 Å². The van der Waals surface area contributed by atoms with Crippen LogP contribution < -0.4 is 16.4 Å². The van der Waals surface area contributed by atoms with Gasteiger partial charge in [0.15, 0.2) is 0 Å². The molecule has 0 aromatic heterocycles. The number of hydrogen-bond acceptors (Lipinski definition) is 4. The number of aryl methyl sites for hydroxylation is 1. The fourth-order valence-corrected chi connectivity index (χ4v) is 4.04. The molecule has 4 rings (SSSR count). The van der Waals surface area contributed by atoms with Gasteiger partial charge in [0.25, 0.3) is 5.91 Å². The highest BCUT2D eigenvalue weighted by molar-refractivity contribution is 6.09. The molecule has 1 atom stereocenters. The van der Waals surface area contributed by atoms with E-state index in [1.807, 2.05) is 54.6 Å². The summed E-state index contributed by atoms with van der Waals surface area (Å²) in [6.07, 6.45) is 2.72. The zero-order valence-electron chi connectivity index (χ0n) is 16.1. The van der Waals surface area contributed by atoms with Crippen LogP contribution in [0.15, 0.2) is 73.1 Å². The number of nitrogens with two attached hydrogens (primary N) is 1. The van der Waals surface area contributed by atoms with Gasteiger partial charge in [0, 0.05) is 23.1 Å². The van der Waals surface area contributed by atoms with Crippen LogP contribution in [-0.4, -0.2) is 17.7 Å². The first-order valence-electron chi connectivity index (χ1n) is 9.59. The molecule has 0 aliphatic heterocycles. The van der Waals surface area contributed by atoms with Crippen molar-refractivity contribution in [1.29, 1.82) is 0 Å². The maximum atomic E-state index is 12.9. The number of rotatable bonds is 5. The summed E-state index contributed by atoms with van der Waals surface area (Å²) < 4.78 is 0. The third-order valence-electron chi connectivity index (χ3n) is 5.49. The maximum absolute atomic E-state index is 12.9. The number of aldehydes is 1. The summed E-state index contributed by atoms with van der Waals surface area (Å²) in [7, 11) is 0. The van der Waals surface area contributed by atoms with Gasteiger partial charge in [0.1, 0.15) is 6.29 Å². The fraction of sp³-hybridized carbons (Fsp3) is 0.167. The van der Waals surface area contributed by atoms with Crippen LogP contribution in [0, 0.1) is 0 Å². The molecular formula is C24H23N3O2. The van der Waals surface area contributed by atoms with Crippen molar-refractivity contribution >= 4 is 28.7 Å². The summed E-state index contributed by atoms with van der Waals surface area (Å²) in [5.74, 6) is 0.136. The van der Waals surface area contributed by atoms with Crippen LogP contribution >= 0.6 is 0 Å². The van der Waals surface area contributed by atoms with E-state index < -0.39 is 5.54 Å². The number of amides is 1. The van der Waals surface area contributed by atoms with Gasteiger partial charge in [-0.1, -0.05) is 49.0 Å². The van der Waals surface area contributed by atoms with E-state index in [9.17, 15) is 9.59 Å². The van der Waals surface area contributed by atoms with Crippen LogP contribution in [0.4, 0.5) is 5.69 Å². The van der Waals surface area contributed by atoms with Gasteiger partial charge in [-0.3, -0.25) is 4.79 Å². The predicted octanol–water partition coefficient (Wildman–Crippen LogP) is 3.54. The Hall–Kier alpha value is -3.60. The molecule has 1 amide bonds. The van der Waals surface area contributed by atoms with E-state index in [1.165, 1.54) is 0 Å². The number of carbonyl (C=O) groups excluding carboxylic acids is 2. The highest BCUT2D eigenvalue weighted by Gasteiger charge is 2.34. The van der Waals surface area contributed by atoms with E-state index in [2.05, 4.69) is 17.2 Å². The van der Waals surface area contributed by atoms with Crippen molar-refractivity contribution in [3.63, 3.8) is 0 Å². The van der Waals surface area contributed by atoms with Crippen LogP contribution in [0.1, 0.15) is 27.9 Å². The first kappa shape index (κ1) is 18.7. The zero-order chi connectivity index (χ0) is 20.4. The highest BCUT2D eigenvalue weighted by atomic mass is 16.1. The minimum absolute atomic E-state index is 0.148. The summed E-state index contributed by atoms with van der Waals surface area (Å²) in [4.78, 5) is 24.6. The minimum Gasteiger partial charge on any atom is -0.386 e. The van der Waals surface area contributed by atoms with Crippen molar-refractivity contribution in [1.82, 2.24) is 5.32 Å². The predicted molar refractivity (Wildman–Crippen MR) is 116 cm³/mol. The second-order valence-corrected chi connectivity index (χ2v) is 7.57. The van der Waals surface area contributed by atoms with Crippen molar-refractivity contribution < 1.29 is 9.59 Å². The first-order valence-corrected chi connectivity index (χ1v) is 9.59. The van der Waals surface area contributed by atoms with Crippen molar-refractivity contribution in [3.8, 4) is 0 Å². The smallest absolute Gasteiger partial charge is 0.255 e. The van der Waals surface area contributed by atoms with Crippen LogP contribution in [-0.2, 0) is 17.6 Å². The molecule has 0 radical (unpaired) electrons. The van der Waals surface area contributed by atoms with E-state index in [-0.39, 0.29) is 11.7 Å². The molecule has 3 aromatic rings. The first-order chi connectivity index (χ1) is 14.0. The molecule has 0 fully saturated rings. The average molecular weight is 385 g/mol. The monoisotopic (exact) mass is 385 g/mol. The van der Waals surface area contributed by atoms with Gasteiger partial charge in [-0.15, -0.1) is 0 Å². The molecule has 1 unspecified atom stereocenters. The van der Waals surface area contributed by atoms with Crippen molar-refractivity contribution in [2.24, 2.45) is 5.73 Å². The van der Waals surface area contributed by atoms with E-state index in [4.69, 9.17) is 5.73 Å². The van der Waals surface area contributed by atoms with Gasteiger partial charge >= 0.3 is 0 Å². The van der Waals surface area contributed by atoms with Crippen LogP contribution in [0.5, 0.6) is 0 Å². The zero-order valence-corrected chi connectivity index (χ0v) is 16.1. The van der Waals surface area contributed by atoms with Gasteiger partial charge < -0.3 is 21.2 Å². The SMILES string of the molecule is C=C(N)NC1(C=O)CCc2cc(C(=O)Nc3cccc4ccccc34)ccc2C1. The third kappa shape index (κ3) is 3.72. The lowest BCUT2D eigenvalue weighted by atomic mass is 9.78. The molecule has 0 saturated heterocycles. The molecule has 0 bridgehead atoms. The van der Waals surface area contributed by atoms with Gasteiger partial charge in [-0.05, 0) is 47.6 Å². The van der Waals surface area contributed by atoms with Crippen LogP contribution in [0.2, 0.25) is 0 Å². The largest absolute Gasteiger partial charge is 0.386 e. The van der Waals surface area contributed by atoms with E-state index >= 15 is 0 Å². The average Bonchev–Trinajstić information content (AvgIpc) is 2.73. The molecule has 5 nitrogen and oxygen atoms in total. The molecule has 146 valence electrons. The molecule has 0 saturated carbocycles. The van der Waals surface area contributed by atoms with E-state index in [0.717, 1.165) is 33.9 Å². The van der Waals surface area contributed by atoms with Crippen molar-refractivity contribution in [3.05, 3.63) is 89.8 Å². The number of hydrogen-bond donors (Lipinski definition) is 3. The summed E-state index contributed by atoms with van der Waals surface area (Å²) in [6.45, 7) is 3.65.